The molecule has 2 aliphatic rings. The Balaban J connectivity index is 1.53. The second kappa shape index (κ2) is 6.67. The van der Waals surface area contributed by atoms with Crippen LogP contribution in [0.15, 0.2) is 29.2 Å². The van der Waals surface area contributed by atoms with Gasteiger partial charge in [-0.3, -0.25) is 10.1 Å². The number of nitrogens with zero attached hydrogens (tertiary/aromatic N) is 3. The van der Waals surface area contributed by atoms with Crippen molar-refractivity contribution in [1.29, 1.82) is 0 Å². The Bertz CT molecular complexity index is 942. The van der Waals surface area contributed by atoms with E-state index in [2.05, 4.69) is 15.5 Å². The fourth-order valence-corrected chi connectivity index (χ4v) is 5.68. The number of anilines is 1. The van der Waals surface area contributed by atoms with Gasteiger partial charge in [-0.15, -0.1) is 10.2 Å². The van der Waals surface area contributed by atoms with Gasteiger partial charge in [-0.1, -0.05) is 23.5 Å². The van der Waals surface area contributed by atoms with Crippen LogP contribution in [-0.2, 0) is 14.8 Å². The van der Waals surface area contributed by atoms with E-state index in [-0.39, 0.29) is 6.54 Å². The minimum Gasteiger partial charge on any atom is -0.299 e. The van der Waals surface area contributed by atoms with Crippen LogP contribution in [-0.4, -0.2) is 41.4 Å². The third-order valence-electron chi connectivity index (χ3n) is 4.53. The lowest BCUT2D eigenvalue weighted by Gasteiger charge is -2.23. The second-order valence-corrected chi connectivity index (χ2v) is 9.28. The molecule has 1 saturated carbocycles. The molecule has 4 rings (SSSR count). The monoisotopic (exact) mass is 396 g/mol. The standard InChI is InChI=1S/C16H17FN4O3S2/c17-11-4-1-2-6-13(11)26(23,24)21-9-3-5-12(21)14(22)18-16-20-19-15(25-16)10-7-8-10/h1-2,4,6,10,12H,3,5,7-9H2,(H,18,20,22)/t12-/m0/s1. The van der Waals surface area contributed by atoms with Crippen LogP contribution < -0.4 is 5.32 Å². The molecule has 1 aromatic carbocycles. The summed E-state index contributed by atoms with van der Waals surface area (Å²) in [7, 11) is -4.09. The smallest absolute Gasteiger partial charge is 0.246 e. The van der Waals surface area contributed by atoms with Crippen LogP contribution in [0.5, 0.6) is 0 Å². The molecule has 138 valence electrons. The van der Waals surface area contributed by atoms with Crippen LogP contribution in [0.2, 0.25) is 0 Å². The summed E-state index contributed by atoms with van der Waals surface area (Å²) in [5, 5.41) is 11.9. The van der Waals surface area contributed by atoms with Gasteiger partial charge in [-0.2, -0.15) is 4.31 Å². The molecule has 1 amide bonds. The van der Waals surface area contributed by atoms with Crippen LogP contribution in [0.3, 0.4) is 0 Å². The van der Waals surface area contributed by atoms with E-state index in [1.54, 1.807) is 0 Å². The van der Waals surface area contributed by atoms with Gasteiger partial charge < -0.3 is 0 Å². The first-order valence-corrected chi connectivity index (χ1v) is 10.6. The van der Waals surface area contributed by atoms with Gasteiger partial charge in [0.1, 0.15) is 21.8 Å². The van der Waals surface area contributed by atoms with Crippen molar-refractivity contribution in [2.75, 3.05) is 11.9 Å². The number of carbonyl (C=O) groups is 1. The molecule has 1 aliphatic carbocycles. The Labute approximate surface area is 154 Å². The van der Waals surface area contributed by atoms with E-state index >= 15 is 0 Å². The van der Waals surface area contributed by atoms with Gasteiger partial charge in [0, 0.05) is 12.5 Å². The number of benzene rings is 1. The van der Waals surface area contributed by atoms with Gasteiger partial charge in [-0.25, -0.2) is 12.8 Å². The molecule has 0 unspecified atom stereocenters. The highest BCUT2D eigenvalue weighted by Gasteiger charge is 2.40. The molecule has 10 heteroatoms. The molecule has 7 nitrogen and oxygen atoms in total. The lowest BCUT2D eigenvalue weighted by Crippen LogP contribution is -2.43. The zero-order valence-corrected chi connectivity index (χ0v) is 15.4. The first-order valence-electron chi connectivity index (χ1n) is 8.37. The first-order chi connectivity index (χ1) is 12.5. The first kappa shape index (κ1) is 17.5. The predicted molar refractivity (Wildman–Crippen MR) is 93.8 cm³/mol. The zero-order chi connectivity index (χ0) is 18.3. The van der Waals surface area contributed by atoms with E-state index in [9.17, 15) is 17.6 Å². The molecular weight excluding hydrogens is 379 g/mol. The summed E-state index contributed by atoms with van der Waals surface area (Å²) in [5.41, 5.74) is 0. The number of aromatic nitrogens is 2. The van der Waals surface area contributed by atoms with Crippen molar-refractivity contribution < 1.29 is 17.6 Å². The molecule has 1 N–H and O–H groups in total. The van der Waals surface area contributed by atoms with Crippen LogP contribution in [0.4, 0.5) is 9.52 Å². The maximum absolute atomic E-state index is 14.0. The highest BCUT2D eigenvalue weighted by Crippen LogP contribution is 2.42. The number of amides is 1. The number of hydrogen-bond acceptors (Lipinski definition) is 6. The molecule has 1 saturated heterocycles. The minimum atomic E-state index is -4.09. The summed E-state index contributed by atoms with van der Waals surface area (Å²) in [6, 6.07) is 4.31. The summed E-state index contributed by atoms with van der Waals surface area (Å²) in [5.74, 6) is -0.847. The van der Waals surface area contributed by atoms with Crippen LogP contribution in [0, 0.1) is 5.82 Å². The summed E-state index contributed by atoms with van der Waals surface area (Å²) >= 11 is 1.32. The number of nitrogens with one attached hydrogen (secondary N) is 1. The average Bonchev–Trinajstić information content (AvgIpc) is 3.15. The molecule has 0 bridgehead atoms. The van der Waals surface area contributed by atoms with Gasteiger partial charge in [-0.05, 0) is 37.8 Å². The minimum absolute atomic E-state index is 0.179. The number of halogens is 1. The molecule has 1 atom stereocenters. The second-order valence-electron chi connectivity index (χ2n) is 6.41. The fourth-order valence-electron chi connectivity index (χ4n) is 3.04. The van der Waals surface area contributed by atoms with Crippen molar-refractivity contribution in [3.63, 3.8) is 0 Å². The van der Waals surface area contributed by atoms with E-state index in [1.807, 2.05) is 0 Å². The maximum Gasteiger partial charge on any atom is 0.246 e. The number of hydrogen-bond donors (Lipinski definition) is 1. The number of rotatable bonds is 5. The topological polar surface area (TPSA) is 92.3 Å². The van der Waals surface area contributed by atoms with Crippen LogP contribution >= 0.6 is 11.3 Å². The van der Waals surface area contributed by atoms with E-state index in [0.29, 0.717) is 23.9 Å². The molecule has 1 aromatic heterocycles. The summed E-state index contributed by atoms with van der Waals surface area (Å²) in [6.07, 6.45) is 3.09. The average molecular weight is 396 g/mol. The molecule has 2 heterocycles. The molecule has 26 heavy (non-hydrogen) atoms. The number of carbonyl (C=O) groups excluding carboxylic acids is 1. The number of sulfonamides is 1. The van der Waals surface area contributed by atoms with E-state index in [1.165, 1.54) is 29.5 Å². The Morgan fingerprint density at radius 2 is 2.00 bits per heavy atom. The van der Waals surface area contributed by atoms with E-state index in [4.69, 9.17) is 0 Å². The molecule has 2 fully saturated rings. The lowest BCUT2D eigenvalue weighted by molar-refractivity contribution is -0.119. The Kier molecular flexibility index (Phi) is 4.49. The van der Waals surface area contributed by atoms with Gasteiger partial charge >= 0.3 is 0 Å². The lowest BCUT2D eigenvalue weighted by atomic mass is 10.2. The van der Waals surface area contributed by atoms with Crippen molar-refractivity contribution >= 4 is 32.4 Å². The highest BCUT2D eigenvalue weighted by molar-refractivity contribution is 7.89. The van der Waals surface area contributed by atoms with Gasteiger partial charge in [0.2, 0.25) is 21.1 Å². The van der Waals surface area contributed by atoms with E-state index < -0.39 is 32.7 Å². The Morgan fingerprint density at radius 3 is 2.73 bits per heavy atom. The van der Waals surface area contributed by atoms with Crippen molar-refractivity contribution in [3.05, 3.63) is 35.1 Å². The summed E-state index contributed by atoms with van der Waals surface area (Å²) in [6.45, 7) is 0.179. The van der Waals surface area contributed by atoms with Crippen LogP contribution in [0.25, 0.3) is 0 Å². The molecule has 2 aromatic rings. The third-order valence-corrected chi connectivity index (χ3v) is 7.47. The predicted octanol–water partition coefficient (Wildman–Crippen LogP) is 2.35. The van der Waals surface area contributed by atoms with Gasteiger partial charge in [0.15, 0.2) is 0 Å². The normalized spacial score (nSPS) is 21.0. The molecular formula is C16H17FN4O3S2. The Hall–Kier alpha value is -1.91. The summed E-state index contributed by atoms with van der Waals surface area (Å²) < 4.78 is 40.7. The maximum atomic E-state index is 14.0. The van der Waals surface area contributed by atoms with Crippen molar-refractivity contribution in [3.8, 4) is 0 Å². The van der Waals surface area contributed by atoms with Gasteiger partial charge in [0.05, 0.1) is 0 Å². The van der Waals surface area contributed by atoms with Gasteiger partial charge in [0.25, 0.3) is 0 Å². The van der Waals surface area contributed by atoms with Crippen LogP contribution in [0.1, 0.15) is 36.6 Å². The SMILES string of the molecule is O=C(Nc1nnc(C2CC2)s1)[C@@H]1CCCN1S(=O)(=O)c1ccccc1F. The highest BCUT2D eigenvalue weighted by atomic mass is 32.2. The van der Waals surface area contributed by atoms with Crippen molar-refractivity contribution in [2.24, 2.45) is 0 Å². The molecule has 0 radical (unpaired) electrons. The van der Waals surface area contributed by atoms with Crippen molar-refractivity contribution in [1.82, 2.24) is 14.5 Å². The summed E-state index contributed by atoms with van der Waals surface area (Å²) in [4.78, 5) is 12.2. The molecule has 0 spiro atoms. The zero-order valence-electron chi connectivity index (χ0n) is 13.8. The largest absolute Gasteiger partial charge is 0.299 e. The van der Waals surface area contributed by atoms with Crippen molar-refractivity contribution in [2.45, 2.75) is 42.5 Å². The van der Waals surface area contributed by atoms with E-state index in [0.717, 1.165) is 28.2 Å². The fraction of sp³-hybridized carbons (Fsp3) is 0.438. The third kappa shape index (κ3) is 3.24. The Morgan fingerprint density at radius 1 is 1.23 bits per heavy atom. The quantitative estimate of drug-likeness (QED) is 0.838. The molecule has 1 aliphatic heterocycles.